The lowest BCUT2D eigenvalue weighted by molar-refractivity contribution is -0.122. The van der Waals surface area contributed by atoms with Crippen molar-refractivity contribution in [2.45, 2.75) is 33.3 Å². The van der Waals surface area contributed by atoms with Crippen LogP contribution < -0.4 is 9.47 Å². The fourth-order valence-corrected chi connectivity index (χ4v) is 3.80. The molecule has 0 aromatic heterocycles. The van der Waals surface area contributed by atoms with E-state index < -0.39 is 0 Å². The summed E-state index contributed by atoms with van der Waals surface area (Å²) in [5, 5.41) is -0.351. The van der Waals surface area contributed by atoms with E-state index in [1.54, 1.807) is 6.08 Å². The van der Waals surface area contributed by atoms with Crippen LogP contribution in [0.4, 0.5) is 4.79 Å². The summed E-state index contributed by atoms with van der Waals surface area (Å²) < 4.78 is 12.6. The number of rotatable bonds is 7. The number of benzene rings is 1. The summed E-state index contributed by atoms with van der Waals surface area (Å²) in [7, 11) is 0. The SMILES string of the molecule is C#CCN1C(=O)S/C(=C/c2cc(I)c(OC(C)CC)c(OCC)c2)C1=O. The van der Waals surface area contributed by atoms with Crippen molar-refractivity contribution in [1.82, 2.24) is 4.90 Å². The Morgan fingerprint density at radius 1 is 1.38 bits per heavy atom. The molecule has 1 heterocycles. The van der Waals surface area contributed by atoms with Crippen LogP contribution in [-0.4, -0.2) is 35.3 Å². The second kappa shape index (κ2) is 9.33. The van der Waals surface area contributed by atoms with Gasteiger partial charge in [0.15, 0.2) is 11.5 Å². The number of halogens is 1. The Balaban J connectivity index is 2.37. The van der Waals surface area contributed by atoms with Gasteiger partial charge >= 0.3 is 0 Å². The average molecular weight is 485 g/mol. The molecular weight excluding hydrogens is 465 g/mol. The number of imide groups is 1. The van der Waals surface area contributed by atoms with E-state index >= 15 is 0 Å². The maximum absolute atomic E-state index is 12.3. The first-order chi connectivity index (χ1) is 12.4. The molecule has 2 rings (SSSR count). The van der Waals surface area contributed by atoms with Crippen LogP contribution in [0.1, 0.15) is 32.8 Å². The molecule has 1 saturated heterocycles. The molecule has 1 aliphatic rings. The highest BCUT2D eigenvalue weighted by atomic mass is 127. The van der Waals surface area contributed by atoms with E-state index in [1.165, 1.54) is 0 Å². The van der Waals surface area contributed by atoms with E-state index in [-0.39, 0.29) is 23.8 Å². The molecule has 7 heteroatoms. The van der Waals surface area contributed by atoms with Gasteiger partial charge < -0.3 is 9.47 Å². The van der Waals surface area contributed by atoms with Gasteiger partial charge in [0, 0.05) is 0 Å². The normalized spacial score (nSPS) is 16.7. The number of hydrogen-bond donors (Lipinski definition) is 0. The number of hydrogen-bond acceptors (Lipinski definition) is 5. The second-order valence-corrected chi connectivity index (χ2v) is 7.73. The molecular formula is C19H20INO4S. The quantitative estimate of drug-likeness (QED) is 0.323. The lowest BCUT2D eigenvalue weighted by Gasteiger charge is -2.18. The van der Waals surface area contributed by atoms with Crippen molar-refractivity contribution in [3.05, 3.63) is 26.2 Å². The van der Waals surface area contributed by atoms with E-state index in [4.69, 9.17) is 15.9 Å². The van der Waals surface area contributed by atoms with Crippen molar-refractivity contribution in [2.24, 2.45) is 0 Å². The first kappa shape index (κ1) is 20.6. The fraction of sp³-hybridized carbons (Fsp3) is 0.368. The zero-order valence-electron chi connectivity index (χ0n) is 14.9. The molecule has 1 fully saturated rings. The Hall–Kier alpha value is -1.66. The highest BCUT2D eigenvalue weighted by Gasteiger charge is 2.34. The maximum Gasteiger partial charge on any atom is 0.294 e. The third kappa shape index (κ3) is 4.74. The Bertz CT molecular complexity index is 784. The Labute approximate surface area is 171 Å². The molecule has 0 spiro atoms. The lowest BCUT2D eigenvalue weighted by atomic mass is 10.1. The summed E-state index contributed by atoms with van der Waals surface area (Å²) in [6.07, 6.45) is 7.84. The average Bonchev–Trinajstić information content (AvgIpc) is 2.86. The van der Waals surface area contributed by atoms with Crippen LogP contribution in [0, 0.1) is 15.9 Å². The number of ether oxygens (including phenoxy) is 2. The number of terminal acetylenes is 1. The monoisotopic (exact) mass is 485 g/mol. The second-order valence-electron chi connectivity index (χ2n) is 5.57. The smallest absolute Gasteiger partial charge is 0.294 e. The standard InChI is InChI=1S/C19H20INO4S/c1-5-8-21-18(22)16(26-19(21)23)11-13-9-14(20)17(25-12(4)6-2)15(10-13)24-7-3/h1,9-12H,6-8H2,2-4H3/b16-11+. The van der Waals surface area contributed by atoms with Gasteiger partial charge in [0.05, 0.1) is 27.7 Å². The van der Waals surface area contributed by atoms with Crippen molar-refractivity contribution in [1.29, 1.82) is 0 Å². The van der Waals surface area contributed by atoms with Gasteiger partial charge in [-0.05, 0) is 78.4 Å². The van der Waals surface area contributed by atoms with Crippen LogP contribution in [-0.2, 0) is 4.79 Å². The largest absolute Gasteiger partial charge is 0.490 e. The minimum absolute atomic E-state index is 0.0224. The van der Waals surface area contributed by atoms with E-state index in [2.05, 4.69) is 35.4 Å². The Kier molecular flexibility index (Phi) is 7.41. The number of thioether (sulfide) groups is 1. The van der Waals surface area contributed by atoms with Gasteiger partial charge in [-0.1, -0.05) is 12.8 Å². The van der Waals surface area contributed by atoms with E-state index in [0.29, 0.717) is 23.0 Å². The van der Waals surface area contributed by atoms with Gasteiger partial charge in [-0.25, -0.2) is 0 Å². The minimum atomic E-state index is -0.370. The number of carbonyl (C=O) groups excluding carboxylic acids is 2. The summed E-state index contributed by atoms with van der Waals surface area (Å²) in [5.74, 6) is 3.27. The molecule has 1 unspecified atom stereocenters. The Morgan fingerprint density at radius 2 is 2.12 bits per heavy atom. The molecule has 26 heavy (non-hydrogen) atoms. The predicted molar refractivity (Wildman–Crippen MR) is 112 cm³/mol. The molecule has 138 valence electrons. The highest BCUT2D eigenvalue weighted by Crippen LogP contribution is 2.38. The lowest BCUT2D eigenvalue weighted by Crippen LogP contribution is -2.28. The third-order valence-corrected chi connectivity index (χ3v) is 5.36. The number of nitrogens with zero attached hydrogens (tertiary/aromatic N) is 1. The number of carbonyl (C=O) groups is 2. The van der Waals surface area contributed by atoms with Crippen molar-refractivity contribution in [2.75, 3.05) is 13.2 Å². The molecule has 5 nitrogen and oxygen atoms in total. The zero-order valence-corrected chi connectivity index (χ0v) is 17.8. The van der Waals surface area contributed by atoms with Crippen LogP contribution in [0.3, 0.4) is 0 Å². The summed E-state index contributed by atoms with van der Waals surface area (Å²) in [6, 6.07) is 3.72. The summed E-state index contributed by atoms with van der Waals surface area (Å²) >= 11 is 3.07. The van der Waals surface area contributed by atoms with Gasteiger partial charge in [-0.15, -0.1) is 6.42 Å². The van der Waals surface area contributed by atoms with E-state index in [1.807, 2.05) is 26.0 Å². The van der Waals surface area contributed by atoms with Crippen molar-refractivity contribution in [3.8, 4) is 23.8 Å². The van der Waals surface area contributed by atoms with Crippen molar-refractivity contribution >= 4 is 51.6 Å². The van der Waals surface area contributed by atoms with Crippen LogP contribution in [0.5, 0.6) is 11.5 Å². The maximum atomic E-state index is 12.3. The van der Waals surface area contributed by atoms with Crippen LogP contribution >= 0.6 is 34.4 Å². The first-order valence-electron chi connectivity index (χ1n) is 8.23. The molecule has 0 saturated carbocycles. The van der Waals surface area contributed by atoms with Crippen molar-refractivity contribution in [3.63, 3.8) is 0 Å². The molecule has 0 aliphatic carbocycles. The summed E-state index contributed by atoms with van der Waals surface area (Å²) in [5.41, 5.74) is 0.764. The van der Waals surface area contributed by atoms with Gasteiger partial charge in [-0.3, -0.25) is 14.5 Å². The van der Waals surface area contributed by atoms with Crippen molar-refractivity contribution < 1.29 is 19.1 Å². The van der Waals surface area contributed by atoms with Gasteiger partial charge in [0.2, 0.25) is 0 Å². The van der Waals surface area contributed by atoms with Crippen LogP contribution in [0.15, 0.2) is 17.0 Å². The molecule has 0 bridgehead atoms. The van der Waals surface area contributed by atoms with Crippen LogP contribution in [0.2, 0.25) is 0 Å². The first-order valence-corrected chi connectivity index (χ1v) is 10.1. The molecule has 2 amide bonds. The van der Waals surface area contributed by atoms with Gasteiger partial charge in [0.1, 0.15) is 0 Å². The molecule has 1 atom stereocenters. The molecule has 1 aromatic rings. The van der Waals surface area contributed by atoms with Gasteiger partial charge in [0.25, 0.3) is 11.1 Å². The minimum Gasteiger partial charge on any atom is -0.490 e. The predicted octanol–water partition coefficient (Wildman–Crippen LogP) is 4.54. The summed E-state index contributed by atoms with van der Waals surface area (Å²) in [6.45, 7) is 6.43. The van der Waals surface area contributed by atoms with Crippen LogP contribution in [0.25, 0.3) is 6.08 Å². The number of amides is 2. The van der Waals surface area contributed by atoms with E-state index in [9.17, 15) is 9.59 Å². The molecule has 1 aromatic carbocycles. The molecule has 0 N–H and O–H groups in total. The zero-order chi connectivity index (χ0) is 19.3. The van der Waals surface area contributed by atoms with Gasteiger partial charge in [-0.2, -0.15) is 0 Å². The highest BCUT2D eigenvalue weighted by molar-refractivity contribution is 14.1. The third-order valence-electron chi connectivity index (χ3n) is 3.65. The molecule has 0 radical (unpaired) electrons. The van der Waals surface area contributed by atoms with E-state index in [0.717, 1.165) is 32.2 Å². The topological polar surface area (TPSA) is 55.8 Å². The molecule has 1 aliphatic heterocycles. The fourth-order valence-electron chi connectivity index (χ4n) is 2.21. The Morgan fingerprint density at radius 3 is 2.73 bits per heavy atom. The summed E-state index contributed by atoms with van der Waals surface area (Å²) in [4.78, 5) is 25.6.